The molecule has 0 atom stereocenters. The van der Waals surface area contributed by atoms with Gasteiger partial charge in [-0.2, -0.15) is 0 Å². The summed E-state index contributed by atoms with van der Waals surface area (Å²) >= 11 is 0. The summed E-state index contributed by atoms with van der Waals surface area (Å²) in [5.41, 5.74) is 6.12. The molecule has 1 aromatic rings. The van der Waals surface area contributed by atoms with E-state index in [1.807, 2.05) is 12.1 Å². The van der Waals surface area contributed by atoms with Gasteiger partial charge in [0.1, 0.15) is 13.2 Å². The highest BCUT2D eigenvalue weighted by atomic mass is 16.6. The van der Waals surface area contributed by atoms with Gasteiger partial charge in [-0.05, 0) is 30.9 Å². The van der Waals surface area contributed by atoms with E-state index in [0.29, 0.717) is 31.4 Å². The largest absolute Gasteiger partial charge is 0.486 e. The third kappa shape index (κ3) is 2.22. The maximum Gasteiger partial charge on any atom is 0.231 e. The highest BCUT2D eigenvalue weighted by molar-refractivity contribution is 5.96. The van der Waals surface area contributed by atoms with Gasteiger partial charge in [0.05, 0.1) is 5.41 Å². The Morgan fingerprint density at radius 2 is 2.05 bits per heavy atom. The second-order valence-electron chi connectivity index (χ2n) is 5.81. The lowest BCUT2D eigenvalue weighted by Crippen LogP contribution is -2.51. The monoisotopic (exact) mass is 276 g/mol. The predicted octanol–water partition coefficient (Wildman–Crippen LogP) is 1.77. The predicted molar refractivity (Wildman–Crippen MR) is 75.9 cm³/mol. The lowest BCUT2D eigenvalue weighted by atomic mass is 9.62. The number of carbonyl (C=O) groups excluding carboxylic acids is 1. The fourth-order valence-electron chi connectivity index (χ4n) is 3.10. The number of ether oxygens (including phenoxy) is 2. The fraction of sp³-hybridized carbons (Fsp3) is 0.533. The molecule has 0 aromatic heterocycles. The molecular weight excluding hydrogens is 256 g/mol. The average molecular weight is 276 g/mol. The summed E-state index contributed by atoms with van der Waals surface area (Å²) in [5.74, 6) is 1.98. The number of fused-ring (bicyclic) bond motifs is 1. The van der Waals surface area contributed by atoms with E-state index in [0.717, 1.165) is 24.3 Å². The van der Waals surface area contributed by atoms with E-state index in [1.54, 1.807) is 6.07 Å². The Balaban J connectivity index is 1.73. The Labute approximate surface area is 118 Å². The quantitative estimate of drug-likeness (QED) is 0.882. The first kappa shape index (κ1) is 13.2. The van der Waals surface area contributed by atoms with Crippen molar-refractivity contribution in [3.8, 4) is 11.5 Å². The maximum atomic E-state index is 12.4. The van der Waals surface area contributed by atoms with Crippen LogP contribution in [0.5, 0.6) is 11.5 Å². The Kier molecular flexibility index (Phi) is 3.30. The second kappa shape index (κ2) is 4.98. The first-order valence-electron chi connectivity index (χ1n) is 7.04. The van der Waals surface area contributed by atoms with Gasteiger partial charge in [-0.15, -0.1) is 0 Å². The fourth-order valence-corrected chi connectivity index (χ4v) is 3.10. The standard InChI is InChI=1S/C15H20N2O3/c1-10-7-15(8-10,9-16)14(18)17-11-2-3-12-13(6-11)20-5-4-19-12/h2-3,6,10H,4-5,7-9,16H2,1H3,(H,17,18). The smallest absolute Gasteiger partial charge is 0.231 e. The SMILES string of the molecule is CC1CC(CN)(C(=O)Nc2ccc3c(c2)OCCO3)C1. The number of amides is 1. The summed E-state index contributed by atoms with van der Waals surface area (Å²) in [7, 11) is 0. The number of hydrogen-bond acceptors (Lipinski definition) is 4. The van der Waals surface area contributed by atoms with Crippen molar-refractivity contribution in [2.75, 3.05) is 25.1 Å². The van der Waals surface area contributed by atoms with Crippen molar-refractivity contribution in [3.05, 3.63) is 18.2 Å². The van der Waals surface area contributed by atoms with Gasteiger partial charge in [0.2, 0.25) is 5.91 Å². The minimum Gasteiger partial charge on any atom is -0.486 e. The van der Waals surface area contributed by atoms with Crippen molar-refractivity contribution in [3.63, 3.8) is 0 Å². The van der Waals surface area contributed by atoms with Gasteiger partial charge in [0.25, 0.3) is 0 Å². The molecule has 1 aliphatic heterocycles. The van der Waals surface area contributed by atoms with E-state index < -0.39 is 5.41 Å². The van der Waals surface area contributed by atoms with Crippen LogP contribution in [0, 0.1) is 11.3 Å². The summed E-state index contributed by atoms with van der Waals surface area (Å²) in [4.78, 5) is 12.4. The number of rotatable bonds is 3. The topological polar surface area (TPSA) is 73.6 Å². The first-order valence-corrected chi connectivity index (χ1v) is 7.04. The molecule has 0 bridgehead atoms. The molecule has 2 aliphatic rings. The molecule has 1 aliphatic carbocycles. The maximum absolute atomic E-state index is 12.4. The number of carbonyl (C=O) groups is 1. The molecule has 1 saturated carbocycles. The summed E-state index contributed by atoms with van der Waals surface area (Å²) in [5, 5.41) is 2.95. The van der Waals surface area contributed by atoms with E-state index in [-0.39, 0.29) is 5.91 Å². The normalized spacial score (nSPS) is 27.6. The van der Waals surface area contributed by atoms with Crippen molar-refractivity contribution >= 4 is 11.6 Å². The molecule has 3 rings (SSSR count). The second-order valence-corrected chi connectivity index (χ2v) is 5.81. The Bertz CT molecular complexity index is 524. The molecule has 5 nitrogen and oxygen atoms in total. The third-order valence-electron chi connectivity index (χ3n) is 4.15. The lowest BCUT2D eigenvalue weighted by molar-refractivity contribution is -0.132. The zero-order chi connectivity index (χ0) is 14.2. The Morgan fingerprint density at radius 3 is 2.70 bits per heavy atom. The highest BCUT2D eigenvalue weighted by Crippen LogP contribution is 2.45. The van der Waals surface area contributed by atoms with Crippen molar-refractivity contribution in [1.29, 1.82) is 0 Å². The van der Waals surface area contributed by atoms with E-state index >= 15 is 0 Å². The van der Waals surface area contributed by atoms with E-state index in [4.69, 9.17) is 15.2 Å². The molecule has 5 heteroatoms. The lowest BCUT2D eigenvalue weighted by Gasteiger charge is -2.44. The Hall–Kier alpha value is -1.75. The van der Waals surface area contributed by atoms with E-state index in [9.17, 15) is 4.79 Å². The number of nitrogens with one attached hydrogen (secondary N) is 1. The number of anilines is 1. The van der Waals surface area contributed by atoms with Gasteiger partial charge in [0.15, 0.2) is 11.5 Å². The van der Waals surface area contributed by atoms with Crippen LogP contribution >= 0.6 is 0 Å². The summed E-state index contributed by atoms with van der Waals surface area (Å²) < 4.78 is 11.0. The molecule has 20 heavy (non-hydrogen) atoms. The van der Waals surface area contributed by atoms with Crippen LogP contribution in [0.3, 0.4) is 0 Å². The summed E-state index contributed by atoms with van der Waals surface area (Å²) in [6.45, 7) is 3.64. The van der Waals surface area contributed by atoms with Crippen LogP contribution in [0.1, 0.15) is 19.8 Å². The minimum absolute atomic E-state index is 0.00905. The third-order valence-corrected chi connectivity index (χ3v) is 4.15. The number of benzene rings is 1. The van der Waals surface area contributed by atoms with E-state index in [1.165, 1.54) is 0 Å². The van der Waals surface area contributed by atoms with Crippen molar-refractivity contribution in [1.82, 2.24) is 0 Å². The minimum atomic E-state index is -0.396. The molecule has 1 fully saturated rings. The number of hydrogen-bond donors (Lipinski definition) is 2. The molecule has 1 heterocycles. The van der Waals surface area contributed by atoms with Gasteiger partial charge in [-0.25, -0.2) is 0 Å². The van der Waals surface area contributed by atoms with E-state index in [2.05, 4.69) is 12.2 Å². The van der Waals surface area contributed by atoms with Gasteiger partial charge < -0.3 is 20.5 Å². The van der Waals surface area contributed by atoms with Gasteiger partial charge >= 0.3 is 0 Å². The summed E-state index contributed by atoms with van der Waals surface area (Å²) in [6.07, 6.45) is 1.72. The van der Waals surface area contributed by atoms with Crippen LogP contribution in [-0.4, -0.2) is 25.7 Å². The van der Waals surface area contributed by atoms with Crippen molar-refractivity contribution in [2.24, 2.45) is 17.1 Å². The van der Waals surface area contributed by atoms with Crippen LogP contribution in [0.25, 0.3) is 0 Å². The van der Waals surface area contributed by atoms with Crippen LogP contribution in [0.4, 0.5) is 5.69 Å². The van der Waals surface area contributed by atoms with Crippen LogP contribution in [0.15, 0.2) is 18.2 Å². The molecule has 0 spiro atoms. The highest BCUT2D eigenvalue weighted by Gasteiger charge is 2.47. The zero-order valence-electron chi connectivity index (χ0n) is 11.6. The van der Waals surface area contributed by atoms with Crippen LogP contribution < -0.4 is 20.5 Å². The summed E-state index contributed by atoms with van der Waals surface area (Å²) in [6, 6.07) is 5.46. The van der Waals surface area contributed by atoms with Crippen molar-refractivity contribution in [2.45, 2.75) is 19.8 Å². The molecule has 0 unspecified atom stereocenters. The number of nitrogens with two attached hydrogens (primary N) is 1. The molecule has 1 aromatic carbocycles. The molecule has 0 saturated heterocycles. The molecule has 108 valence electrons. The Morgan fingerprint density at radius 1 is 1.35 bits per heavy atom. The van der Waals surface area contributed by atoms with Gasteiger partial charge in [-0.1, -0.05) is 6.92 Å². The zero-order valence-corrected chi connectivity index (χ0v) is 11.6. The van der Waals surface area contributed by atoms with Gasteiger partial charge in [-0.3, -0.25) is 4.79 Å². The van der Waals surface area contributed by atoms with Crippen LogP contribution in [0.2, 0.25) is 0 Å². The van der Waals surface area contributed by atoms with Gasteiger partial charge in [0, 0.05) is 18.3 Å². The first-order chi connectivity index (χ1) is 9.63. The molecule has 1 amide bonds. The van der Waals surface area contributed by atoms with Crippen LogP contribution in [-0.2, 0) is 4.79 Å². The average Bonchev–Trinajstić information content (AvgIpc) is 2.43. The molecule has 3 N–H and O–H groups in total. The molecule has 0 radical (unpaired) electrons. The molecular formula is C15H20N2O3. The van der Waals surface area contributed by atoms with Crippen molar-refractivity contribution < 1.29 is 14.3 Å².